The molecular weight excluding hydrogens is 370 g/mol. The number of thiazole rings is 1. The lowest BCUT2D eigenvalue weighted by Crippen LogP contribution is -2.44. The molecule has 0 spiro atoms. The SMILES string of the molecule is CC(Oc1cccc(C#N)c1)C(=O)N1CCC(c2nc3ccccc3s2)CC1. The molecule has 28 heavy (non-hydrogen) atoms. The Morgan fingerprint density at radius 3 is 2.79 bits per heavy atom. The second kappa shape index (κ2) is 7.99. The van der Waals surface area contributed by atoms with Crippen molar-refractivity contribution in [1.29, 1.82) is 5.26 Å². The van der Waals surface area contributed by atoms with Gasteiger partial charge >= 0.3 is 0 Å². The summed E-state index contributed by atoms with van der Waals surface area (Å²) in [5.74, 6) is 0.944. The number of hydrogen-bond acceptors (Lipinski definition) is 5. The van der Waals surface area contributed by atoms with Crippen LogP contribution in [-0.2, 0) is 4.79 Å². The molecule has 142 valence electrons. The molecule has 0 bridgehead atoms. The minimum atomic E-state index is -0.576. The molecule has 0 saturated carbocycles. The molecule has 2 aromatic carbocycles. The second-order valence-corrected chi connectivity index (χ2v) is 8.08. The van der Waals surface area contributed by atoms with E-state index in [1.54, 1.807) is 42.5 Å². The topological polar surface area (TPSA) is 66.2 Å². The Labute approximate surface area is 168 Å². The summed E-state index contributed by atoms with van der Waals surface area (Å²) in [4.78, 5) is 19.4. The zero-order chi connectivity index (χ0) is 19.5. The fourth-order valence-electron chi connectivity index (χ4n) is 3.56. The monoisotopic (exact) mass is 391 g/mol. The lowest BCUT2D eigenvalue weighted by atomic mass is 9.97. The highest BCUT2D eigenvalue weighted by molar-refractivity contribution is 7.18. The van der Waals surface area contributed by atoms with E-state index in [0.717, 1.165) is 18.4 Å². The zero-order valence-electron chi connectivity index (χ0n) is 15.7. The van der Waals surface area contributed by atoms with E-state index in [9.17, 15) is 4.79 Å². The van der Waals surface area contributed by atoms with Crippen LogP contribution in [0.3, 0.4) is 0 Å². The number of fused-ring (bicyclic) bond motifs is 1. The summed E-state index contributed by atoms with van der Waals surface area (Å²) in [5, 5.41) is 10.2. The van der Waals surface area contributed by atoms with Gasteiger partial charge in [0.15, 0.2) is 6.10 Å². The number of hydrogen-bond donors (Lipinski definition) is 0. The van der Waals surface area contributed by atoms with Crippen LogP contribution in [0.25, 0.3) is 10.2 Å². The van der Waals surface area contributed by atoms with Gasteiger partial charge in [0.25, 0.3) is 5.91 Å². The maximum absolute atomic E-state index is 12.8. The Bertz CT molecular complexity index is 998. The number of ether oxygens (including phenoxy) is 1. The summed E-state index contributed by atoms with van der Waals surface area (Å²) >= 11 is 1.76. The van der Waals surface area contributed by atoms with Crippen molar-refractivity contribution >= 4 is 27.5 Å². The minimum Gasteiger partial charge on any atom is -0.481 e. The normalized spacial score (nSPS) is 15.9. The molecule has 0 N–H and O–H groups in total. The number of amides is 1. The molecule has 1 aromatic heterocycles. The first-order valence-corrected chi connectivity index (χ1v) is 10.3. The number of aromatic nitrogens is 1. The van der Waals surface area contributed by atoms with Crippen LogP contribution in [0.2, 0.25) is 0 Å². The van der Waals surface area contributed by atoms with Gasteiger partial charge in [0, 0.05) is 19.0 Å². The highest BCUT2D eigenvalue weighted by atomic mass is 32.1. The first kappa shape index (κ1) is 18.5. The number of carbonyl (C=O) groups excluding carboxylic acids is 1. The summed E-state index contributed by atoms with van der Waals surface area (Å²) in [6.45, 7) is 3.19. The van der Waals surface area contributed by atoms with Crippen molar-refractivity contribution in [3.8, 4) is 11.8 Å². The van der Waals surface area contributed by atoms with Gasteiger partial charge in [-0.1, -0.05) is 18.2 Å². The van der Waals surface area contributed by atoms with Crippen molar-refractivity contribution in [1.82, 2.24) is 9.88 Å². The molecule has 1 unspecified atom stereocenters. The van der Waals surface area contributed by atoms with Crippen LogP contribution < -0.4 is 4.74 Å². The van der Waals surface area contributed by atoms with Crippen molar-refractivity contribution in [3.05, 3.63) is 59.1 Å². The first-order chi connectivity index (χ1) is 13.6. The maximum Gasteiger partial charge on any atom is 0.263 e. The van der Waals surface area contributed by atoms with E-state index >= 15 is 0 Å². The van der Waals surface area contributed by atoms with E-state index in [1.807, 2.05) is 23.1 Å². The molecule has 1 fully saturated rings. The summed E-state index contributed by atoms with van der Waals surface area (Å²) < 4.78 is 6.99. The van der Waals surface area contributed by atoms with Crippen molar-refractivity contribution in [2.45, 2.75) is 31.8 Å². The van der Waals surface area contributed by atoms with Crippen molar-refractivity contribution in [2.75, 3.05) is 13.1 Å². The summed E-state index contributed by atoms with van der Waals surface area (Å²) in [7, 11) is 0. The van der Waals surface area contributed by atoms with Crippen LogP contribution >= 0.6 is 11.3 Å². The zero-order valence-corrected chi connectivity index (χ0v) is 16.5. The number of para-hydroxylation sites is 1. The van der Waals surface area contributed by atoms with Gasteiger partial charge in [-0.05, 0) is 50.1 Å². The van der Waals surface area contributed by atoms with Gasteiger partial charge in [-0.3, -0.25) is 4.79 Å². The Kier molecular flexibility index (Phi) is 5.27. The lowest BCUT2D eigenvalue weighted by Gasteiger charge is -2.32. The van der Waals surface area contributed by atoms with Crippen LogP contribution in [0, 0.1) is 11.3 Å². The van der Waals surface area contributed by atoms with Gasteiger partial charge in [0.1, 0.15) is 5.75 Å². The number of piperidine rings is 1. The number of carbonyl (C=O) groups is 1. The number of nitriles is 1. The van der Waals surface area contributed by atoms with Crippen LogP contribution in [-0.4, -0.2) is 35.0 Å². The molecule has 0 aliphatic carbocycles. The van der Waals surface area contributed by atoms with Crippen molar-refractivity contribution < 1.29 is 9.53 Å². The Hall–Kier alpha value is -2.91. The van der Waals surface area contributed by atoms with E-state index in [1.165, 1.54) is 9.71 Å². The van der Waals surface area contributed by atoms with Crippen LogP contribution in [0.4, 0.5) is 0 Å². The average molecular weight is 391 g/mol. The molecule has 1 atom stereocenters. The minimum absolute atomic E-state index is 0.00916. The summed E-state index contributed by atoms with van der Waals surface area (Å²) in [6, 6.07) is 17.2. The molecule has 3 aromatic rings. The van der Waals surface area contributed by atoms with E-state index in [2.05, 4.69) is 12.1 Å². The molecule has 0 radical (unpaired) electrons. The van der Waals surface area contributed by atoms with Gasteiger partial charge in [-0.2, -0.15) is 5.26 Å². The Morgan fingerprint density at radius 2 is 2.04 bits per heavy atom. The number of likely N-dealkylation sites (tertiary alicyclic amines) is 1. The average Bonchev–Trinajstić information content (AvgIpc) is 3.17. The number of benzene rings is 2. The molecule has 2 heterocycles. The standard InChI is InChI=1S/C22H21N3O2S/c1-15(27-18-6-4-5-16(13-18)14-23)22(26)25-11-9-17(10-12-25)21-24-19-7-2-3-8-20(19)28-21/h2-8,13,15,17H,9-12H2,1H3. The van der Waals surface area contributed by atoms with Crippen LogP contribution in [0.5, 0.6) is 5.75 Å². The van der Waals surface area contributed by atoms with Gasteiger partial charge in [0.2, 0.25) is 0 Å². The van der Waals surface area contributed by atoms with E-state index in [-0.39, 0.29) is 5.91 Å². The van der Waals surface area contributed by atoms with Gasteiger partial charge in [-0.25, -0.2) is 4.98 Å². The molecule has 1 saturated heterocycles. The van der Waals surface area contributed by atoms with Crippen molar-refractivity contribution in [2.24, 2.45) is 0 Å². The fraction of sp³-hybridized carbons (Fsp3) is 0.318. The quantitative estimate of drug-likeness (QED) is 0.663. The van der Waals surface area contributed by atoms with Crippen LogP contribution in [0.15, 0.2) is 48.5 Å². The predicted molar refractivity (Wildman–Crippen MR) is 109 cm³/mol. The largest absolute Gasteiger partial charge is 0.481 e. The second-order valence-electron chi connectivity index (χ2n) is 7.02. The third-order valence-corrected chi connectivity index (χ3v) is 6.29. The third-order valence-electron chi connectivity index (χ3n) is 5.09. The molecular formula is C22H21N3O2S. The predicted octanol–water partition coefficient (Wildman–Crippen LogP) is 4.34. The van der Waals surface area contributed by atoms with Gasteiger partial charge in [0.05, 0.1) is 26.9 Å². The third kappa shape index (κ3) is 3.85. The maximum atomic E-state index is 12.8. The highest BCUT2D eigenvalue weighted by Crippen LogP contribution is 2.34. The lowest BCUT2D eigenvalue weighted by molar-refractivity contribution is -0.139. The van der Waals surface area contributed by atoms with Crippen LogP contribution in [0.1, 0.15) is 36.3 Å². The van der Waals surface area contributed by atoms with Crippen molar-refractivity contribution in [3.63, 3.8) is 0 Å². The molecule has 4 rings (SSSR count). The first-order valence-electron chi connectivity index (χ1n) is 9.45. The molecule has 5 nitrogen and oxygen atoms in total. The molecule has 1 amide bonds. The Morgan fingerprint density at radius 1 is 1.25 bits per heavy atom. The summed E-state index contributed by atoms with van der Waals surface area (Å²) in [6.07, 6.45) is 1.26. The highest BCUT2D eigenvalue weighted by Gasteiger charge is 2.29. The van der Waals surface area contributed by atoms with E-state index in [0.29, 0.717) is 30.3 Å². The molecule has 1 aliphatic rings. The number of nitrogens with zero attached hydrogens (tertiary/aromatic N) is 3. The van der Waals surface area contributed by atoms with Gasteiger partial charge < -0.3 is 9.64 Å². The Balaban J connectivity index is 1.36. The van der Waals surface area contributed by atoms with E-state index in [4.69, 9.17) is 15.0 Å². The number of rotatable bonds is 4. The summed E-state index contributed by atoms with van der Waals surface area (Å²) in [5.41, 5.74) is 1.58. The molecule has 1 aliphatic heterocycles. The van der Waals surface area contributed by atoms with E-state index < -0.39 is 6.10 Å². The fourth-order valence-corrected chi connectivity index (χ4v) is 4.70. The van der Waals surface area contributed by atoms with Gasteiger partial charge in [-0.15, -0.1) is 11.3 Å². The molecule has 6 heteroatoms. The smallest absolute Gasteiger partial charge is 0.263 e.